The van der Waals surface area contributed by atoms with Crippen LogP contribution in [0, 0.1) is 5.92 Å². The van der Waals surface area contributed by atoms with Gasteiger partial charge in [0.1, 0.15) is 0 Å². The van der Waals surface area contributed by atoms with E-state index < -0.39 is 0 Å². The van der Waals surface area contributed by atoms with Gasteiger partial charge in [-0.2, -0.15) is 0 Å². The van der Waals surface area contributed by atoms with Crippen molar-refractivity contribution in [2.24, 2.45) is 11.7 Å². The molecule has 0 saturated heterocycles. The van der Waals surface area contributed by atoms with E-state index in [1.165, 1.54) is 32.2 Å². The van der Waals surface area contributed by atoms with Gasteiger partial charge in [-0.05, 0) is 18.8 Å². The Hall–Kier alpha value is -0.120. The van der Waals surface area contributed by atoms with Crippen LogP contribution in [0.4, 0.5) is 0 Å². The van der Waals surface area contributed by atoms with Crippen molar-refractivity contribution >= 4 is 0 Å². The summed E-state index contributed by atoms with van der Waals surface area (Å²) < 4.78 is 5.12. The Labute approximate surface area is 100 Å². The molecule has 1 atom stereocenters. The maximum Gasteiger partial charge on any atom is 0.0626 e. The molecular weight excluding hydrogens is 200 g/mol. The number of hydrogen-bond acceptors (Lipinski definition) is 3. The van der Waals surface area contributed by atoms with Crippen molar-refractivity contribution in [2.75, 3.05) is 26.8 Å². The van der Waals surface area contributed by atoms with Gasteiger partial charge in [-0.1, -0.05) is 26.7 Å². The summed E-state index contributed by atoms with van der Waals surface area (Å²) in [6.45, 7) is 7.38. The van der Waals surface area contributed by atoms with Gasteiger partial charge in [0, 0.05) is 32.3 Å². The van der Waals surface area contributed by atoms with Crippen molar-refractivity contribution in [1.82, 2.24) is 4.90 Å². The fraction of sp³-hybridized carbons (Fsp3) is 1.00. The lowest BCUT2D eigenvalue weighted by Crippen LogP contribution is -2.45. The summed E-state index contributed by atoms with van der Waals surface area (Å²) in [5.41, 5.74) is 6.06. The second-order valence-corrected chi connectivity index (χ2v) is 5.50. The zero-order chi connectivity index (χ0) is 12.0. The van der Waals surface area contributed by atoms with Crippen LogP contribution in [0.15, 0.2) is 0 Å². The van der Waals surface area contributed by atoms with Crippen LogP contribution in [0.1, 0.15) is 39.5 Å². The maximum atomic E-state index is 6.06. The maximum absolute atomic E-state index is 6.06. The normalized spacial score (nSPS) is 19.9. The van der Waals surface area contributed by atoms with Crippen molar-refractivity contribution in [3.8, 4) is 0 Å². The highest BCUT2D eigenvalue weighted by atomic mass is 16.5. The highest BCUT2D eigenvalue weighted by Crippen LogP contribution is 2.24. The topological polar surface area (TPSA) is 38.5 Å². The van der Waals surface area contributed by atoms with Crippen molar-refractivity contribution < 1.29 is 4.74 Å². The Morgan fingerprint density at radius 1 is 1.25 bits per heavy atom. The van der Waals surface area contributed by atoms with Crippen molar-refractivity contribution in [3.05, 3.63) is 0 Å². The first-order valence-corrected chi connectivity index (χ1v) is 6.62. The van der Waals surface area contributed by atoms with Crippen molar-refractivity contribution in [2.45, 2.75) is 51.6 Å². The molecule has 1 aliphatic rings. The van der Waals surface area contributed by atoms with Crippen LogP contribution in [-0.2, 0) is 4.74 Å². The quantitative estimate of drug-likeness (QED) is 0.723. The largest absolute Gasteiger partial charge is 0.383 e. The first kappa shape index (κ1) is 13.9. The zero-order valence-corrected chi connectivity index (χ0v) is 11.1. The molecule has 2 N–H and O–H groups in total. The minimum atomic E-state index is 0.157. The predicted molar refractivity (Wildman–Crippen MR) is 68.5 cm³/mol. The Morgan fingerprint density at radius 2 is 1.88 bits per heavy atom. The van der Waals surface area contributed by atoms with Gasteiger partial charge in [-0.15, -0.1) is 0 Å². The van der Waals surface area contributed by atoms with Crippen LogP contribution in [0.3, 0.4) is 0 Å². The first-order chi connectivity index (χ1) is 7.63. The number of rotatable bonds is 7. The molecule has 0 radical (unpaired) electrons. The molecule has 16 heavy (non-hydrogen) atoms. The molecule has 0 amide bonds. The third-order valence-electron chi connectivity index (χ3n) is 3.29. The monoisotopic (exact) mass is 228 g/mol. The molecule has 96 valence electrons. The molecule has 0 aliphatic heterocycles. The summed E-state index contributed by atoms with van der Waals surface area (Å²) in [6.07, 6.45) is 5.48. The van der Waals surface area contributed by atoms with Crippen LogP contribution in [0.2, 0.25) is 0 Å². The van der Waals surface area contributed by atoms with E-state index in [2.05, 4.69) is 18.7 Å². The lowest BCUT2D eigenvalue weighted by atomic mass is 10.1. The fourth-order valence-corrected chi connectivity index (χ4v) is 2.68. The summed E-state index contributed by atoms with van der Waals surface area (Å²) in [5, 5.41) is 0. The molecule has 1 rings (SSSR count). The summed E-state index contributed by atoms with van der Waals surface area (Å²) in [5.74, 6) is 0.718. The molecule has 0 aromatic heterocycles. The van der Waals surface area contributed by atoms with Crippen LogP contribution in [0.5, 0.6) is 0 Å². The summed E-state index contributed by atoms with van der Waals surface area (Å²) in [7, 11) is 1.72. The second-order valence-electron chi connectivity index (χ2n) is 5.50. The fourth-order valence-electron chi connectivity index (χ4n) is 2.68. The first-order valence-electron chi connectivity index (χ1n) is 6.62. The molecule has 0 aromatic rings. The SMILES string of the molecule is COCC(N)CN(CC(C)C)C1CCCC1. The third-order valence-corrected chi connectivity index (χ3v) is 3.29. The summed E-state index contributed by atoms with van der Waals surface area (Å²) in [4.78, 5) is 2.58. The van der Waals surface area contributed by atoms with Gasteiger partial charge in [-0.3, -0.25) is 4.90 Å². The van der Waals surface area contributed by atoms with E-state index in [0.29, 0.717) is 6.61 Å². The van der Waals surface area contributed by atoms with Gasteiger partial charge in [0.15, 0.2) is 0 Å². The summed E-state index contributed by atoms with van der Waals surface area (Å²) >= 11 is 0. The molecule has 3 nitrogen and oxygen atoms in total. The van der Waals surface area contributed by atoms with Crippen LogP contribution in [-0.4, -0.2) is 43.8 Å². The van der Waals surface area contributed by atoms with Crippen LogP contribution in [0.25, 0.3) is 0 Å². The van der Waals surface area contributed by atoms with Gasteiger partial charge in [-0.25, -0.2) is 0 Å². The van der Waals surface area contributed by atoms with Crippen LogP contribution < -0.4 is 5.73 Å². The molecule has 1 fully saturated rings. The van der Waals surface area contributed by atoms with Gasteiger partial charge in [0.05, 0.1) is 6.61 Å². The lowest BCUT2D eigenvalue weighted by molar-refractivity contribution is 0.124. The number of nitrogens with zero attached hydrogens (tertiary/aromatic N) is 1. The summed E-state index contributed by atoms with van der Waals surface area (Å²) in [6, 6.07) is 0.926. The van der Waals surface area contributed by atoms with Crippen molar-refractivity contribution in [3.63, 3.8) is 0 Å². The van der Waals surface area contributed by atoms with E-state index >= 15 is 0 Å². The molecule has 0 bridgehead atoms. The van der Waals surface area contributed by atoms with Gasteiger partial charge in [0.2, 0.25) is 0 Å². The molecule has 0 aromatic carbocycles. The van der Waals surface area contributed by atoms with E-state index in [9.17, 15) is 0 Å². The molecule has 1 unspecified atom stereocenters. The highest BCUT2D eigenvalue weighted by Gasteiger charge is 2.24. The number of nitrogens with two attached hydrogens (primary N) is 1. The van der Waals surface area contributed by atoms with Crippen molar-refractivity contribution in [1.29, 1.82) is 0 Å². The van der Waals surface area contributed by atoms with Gasteiger partial charge >= 0.3 is 0 Å². The number of hydrogen-bond donors (Lipinski definition) is 1. The predicted octanol–water partition coefficient (Wildman–Crippen LogP) is 1.86. The van der Waals surface area contributed by atoms with E-state index in [1.54, 1.807) is 7.11 Å². The minimum absolute atomic E-state index is 0.157. The minimum Gasteiger partial charge on any atom is -0.383 e. The van der Waals surface area contributed by atoms with E-state index in [1.807, 2.05) is 0 Å². The number of ether oxygens (including phenoxy) is 1. The van der Waals surface area contributed by atoms with Crippen LogP contribution >= 0.6 is 0 Å². The molecule has 3 heteroatoms. The second kappa shape index (κ2) is 7.25. The molecule has 0 heterocycles. The molecule has 1 saturated carbocycles. The van der Waals surface area contributed by atoms with Gasteiger partial charge < -0.3 is 10.5 Å². The Bertz CT molecular complexity index is 179. The Balaban J connectivity index is 2.42. The molecule has 1 aliphatic carbocycles. The van der Waals surface area contributed by atoms with E-state index in [4.69, 9.17) is 10.5 Å². The van der Waals surface area contributed by atoms with E-state index in [-0.39, 0.29) is 6.04 Å². The third kappa shape index (κ3) is 4.81. The zero-order valence-electron chi connectivity index (χ0n) is 11.1. The van der Waals surface area contributed by atoms with E-state index in [0.717, 1.165) is 18.5 Å². The smallest absolute Gasteiger partial charge is 0.0626 e. The standard InChI is InChI=1S/C13H28N2O/c1-11(2)8-15(9-12(14)10-16-3)13-6-4-5-7-13/h11-13H,4-10,14H2,1-3H3. The Morgan fingerprint density at radius 3 is 2.38 bits per heavy atom. The average molecular weight is 228 g/mol. The number of methoxy groups -OCH3 is 1. The molecule has 0 spiro atoms. The van der Waals surface area contributed by atoms with Gasteiger partial charge in [0.25, 0.3) is 0 Å². The highest BCUT2D eigenvalue weighted by molar-refractivity contribution is 4.80. The average Bonchev–Trinajstić information content (AvgIpc) is 2.68. The molecular formula is C13H28N2O. The Kier molecular flexibility index (Phi) is 6.32. The lowest BCUT2D eigenvalue weighted by Gasteiger charge is -2.32.